The van der Waals surface area contributed by atoms with Gasteiger partial charge in [-0.25, -0.2) is 0 Å². The van der Waals surface area contributed by atoms with Gasteiger partial charge in [-0.2, -0.15) is 0 Å². The first-order valence-electron chi connectivity index (χ1n) is 6.93. The number of rotatable bonds is 3. The number of nitrogen functional groups attached to an aromatic ring is 1. The molecular formula is C15H21BrN2O. The second-order valence-electron chi connectivity index (χ2n) is 5.43. The van der Waals surface area contributed by atoms with E-state index in [1.54, 1.807) is 18.2 Å². The predicted molar refractivity (Wildman–Crippen MR) is 82.1 cm³/mol. The molecule has 104 valence electrons. The summed E-state index contributed by atoms with van der Waals surface area (Å²) in [6, 6.07) is 5.54. The highest BCUT2D eigenvalue weighted by Crippen LogP contribution is 2.26. The quantitative estimate of drug-likeness (QED) is 0.832. The van der Waals surface area contributed by atoms with Gasteiger partial charge in [0.05, 0.1) is 0 Å². The predicted octanol–water partition coefficient (Wildman–Crippen LogP) is 3.73. The molecule has 1 saturated carbocycles. The van der Waals surface area contributed by atoms with Gasteiger partial charge in [0.2, 0.25) is 0 Å². The zero-order valence-corrected chi connectivity index (χ0v) is 12.9. The highest BCUT2D eigenvalue weighted by molar-refractivity contribution is 9.10. The fourth-order valence-corrected chi connectivity index (χ4v) is 3.30. The molecular weight excluding hydrogens is 304 g/mol. The molecule has 1 aromatic rings. The van der Waals surface area contributed by atoms with Gasteiger partial charge in [-0.3, -0.25) is 4.79 Å². The smallest absolute Gasteiger partial charge is 0.251 e. The topological polar surface area (TPSA) is 55.1 Å². The van der Waals surface area contributed by atoms with E-state index < -0.39 is 0 Å². The molecule has 1 aromatic carbocycles. The van der Waals surface area contributed by atoms with Crippen LogP contribution in [0.5, 0.6) is 0 Å². The maximum absolute atomic E-state index is 12.2. The number of nitrogens with two attached hydrogens (primary N) is 1. The normalized spacial score (nSPS) is 18.0. The van der Waals surface area contributed by atoms with Crippen LogP contribution in [0.2, 0.25) is 0 Å². The van der Waals surface area contributed by atoms with Crippen LogP contribution in [-0.2, 0) is 0 Å². The largest absolute Gasteiger partial charge is 0.399 e. The fourth-order valence-electron chi connectivity index (χ4n) is 2.79. The summed E-state index contributed by atoms with van der Waals surface area (Å²) in [5.41, 5.74) is 6.98. The van der Waals surface area contributed by atoms with Gasteiger partial charge in [0.15, 0.2) is 0 Å². The molecule has 3 N–H and O–H groups in total. The summed E-state index contributed by atoms with van der Waals surface area (Å²) in [5, 5.41) is 3.10. The Hall–Kier alpha value is -1.03. The highest BCUT2D eigenvalue weighted by atomic mass is 79.9. The molecule has 1 aliphatic carbocycles. The second-order valence-corrected chi connectivity index (χ2v) is 6.35. The molecule has 1 atom stereocenters. The number of hydrogen-bond acceptors (Lipinski definition) is 2. The third-order valence-electron chi connectivity index (χ3n) is 3.90. The molecule has 3 nitrogen and oxygen atoms in total. The van der Waals surface area contributed by atoms with E-state index in [1.165, 1.54) is 32.1 Å². The molecule has 0 saturated heterocycles. The van der Waals surface area contributed by atoms with Crippen molar-refractivity contribution in [3.05, 3.63) is 28.2 Å². The lowest BCUT2D eigenvalue weighted by atomic mass is 9.84. The highest BCUT2D eigenvalue weighted by Gasteiger charge is 2.21. The first-order chi connectivity index (χ1) is 9.06. The summed E-state index contributed by atoms with van der Waals surface area (Å²) in [6.45, 7) is 2.11. The van der Waals surface area contributed by atoms with E-state index >= 15 is 0 Å². The number of anilines is 1. The van der Waals surface area contributed by atoms with Crippen LogP contribution in [-0.4, -0.2) is 11.9 Å². The van der Waals surface area contributed by atoms with E-state index in [2.05, 4.69) is 28.2 Å². The summed E-state index contributed by atoms with van der Waals surface area (Å²) < 4.78 is 0.836. The lowest BCUT2D eigenvalue weighted by Crippen LogP contribution is -2.38. The summed E-state index contributed by atoms with van der Waals surface area (Å²) >= 11 is 3.36. The van der Waals surface area contributed by atoms with E-state index in [-0.39, 0.29) is 11.9 Å². The number of amides is 1. The van der Waals surface area contributed by atoms with Gasteiger partial charge in [-0.05, 0) is 43.9 Å². The molecule has 0 heterocycles. The molecule has 19 heavy (non-hydrogen) atoms. The number of halogens is 1. The molecule has 0 unspecified atom stereocenters. The standard InChI is InChI=1S/C15H21BrN2O/c1-10(11-5-3-2-4-6-11)18-15(19)12-7-13(16)9-14(17)8-12/h7-11H,2-6,17H2,1H3,(H,18,19)/t10-/m0/s1. The number of carbonyl (C=O) groups excluding carboxylic acids is 1. The van der Waals surface area contributed by atoms with Crippen LogP contribution in [0.25, 0.3) is 0 Å². The van der Waals surface area contributed by atoms with Crippen molar-refractivity contribution >= 4 is 27.5 Å². The Bertz CT molecular complexity index is 435. The first-order valence-corrected chi connectivity index (χ1v) is 7.72. The Labute approximate surface area is 123 Å². The minimum Gasteiger partial charge on any atom is -0.399 e. The lowest BCUT2D eigenvalue weighted by Gasteiger charge is -2.28. The number of hydrogen-bond donors (Lipinski definition) is 2. The van der Waals surface area contributed by atoms with Crippen LogP contribution in [0.15, 0.2) is 22.7 Å². The Balaban J connectivity index is 1.99. The van der Waals surface area contributed by atoms with Crippen LogP contribution >= 0.6 is 15.9 Å². The molecule has 0 radical (unpaired) electrons. The number of nitrogens with one attached hydrogen (secondary N) is 1. The molecule has 0 spiro atoms. The van der Waals surface area contributed by atoms with Gasteiger partial charge >= 0.3 is 0 Å². The van der Waals surface area contributed by atoms with Crippen LogP contribution in [0.3, 0.4) is 0 Å². The molecule has 2 rings (SSSR count). The average Bonchev–Trinajstić information content (AvgIpc) is 2.38. The monoisotopic (exact) mass is 324 g/mol. The Morgan fingerprint density at radius 2 is 2.00 bits per heavy atom. The Morgan fingerprint density at radius 1 is 1.32 bits per heavy atom. The first kappa shape index (κ1) is 14.4. The maximum atomic E-state index is 12.2. The third kappa shape index (κ3) is 3.96. The zero-order valence-electron chi connectivity index (χ0n) is 11.3. The Kier molecular flexibility index (Phi) is 4.86. The summed E-state index contributed by atoms with van der Waals surface area (Å²) in [5.74, 6) is 0.577. The molecule has 1 amide bonds. The van der Waals surface area contributed by atoms with Crippen molar-refractivity contribution in [3.8, 4) is 0 Å². The maximum Gasteiger partial charge on any atom is 0.251 e. The molecule has 0 bridgehead atoms. The zero-order chi connectivity index (χ0) is 13.8. The molecule has 0 aromatic heterocycles. The van der Waals surface area contributed by atoms with Crippen molar-refractivity contribution in [2.24, 2.45) is 5.92 Å². The lowest BCUT2D eigenvalue weighted by molar-refractivity contribution is 0.0919. The summed E-state index contributed by atoms with van der Waals surface area (Å²) in [6.07, 6.45) is 6.35. The SMILES string of the molecule is C[C@H](NC(=O)c1cc(N)cc(Br)c1)C1CCCCC1. The van der Waals surface area contributed by atoms with Crippen molar-refractivity contribution in [1.82, 2.24) is 5.32 Å². The van der Waals surface area contributed by atoms with Gasteiger partial charge in [-0.15, -0.1) is 0 Å². The van der Waals surface area contributed by atoms with Crippen molar-refractivity contribution in [3.63, 3.8) is 0 Å². The van der Waals surface area contributed by atoms with Crippen LogP contribution < -0.4 is 11.1 Å². The van der Waals surface area contributed by atoms with Gasteiger partial charge in [0.1, 0.15) is 0 Å². The van der Waals surface area contributed by atoms with E-state index in [9.17, 15) is 4.79 Å². The minimum atomic E-state index is -0.0360. The fraction of sp³-hybridized carbons (Fsp3) is 0.533. The number of carbonyl (C=O) groups is 1. The molecule has 0 aliphatic heterocycles. The number of benzene rings is 1. The van der Waals surface area contributed by atoms with Crippen molar-refractivity contribution < 1.29 is 4.79 Å². The van der Waals surface area contributed by atoms with E-state index in [0.717, 1.165) is 4.47 Å². The van der Waals surface area contributed by atoms with E-state index in [4.69, 9.17) is 5.73 Å². The Morgan fingerprint density at radius 3 is 2.63 bits per heavy atom. The van der Waals surface area contributed by atoms with Gasteiger partial charge in [0.25, 0.3) is 5.91 Å². The van der Waals surface area contributed by atoms with Crippen molar-refractivity contribution in [2.45, 2.75) is 45.1 Å². The van der Waals surface area contributed by atoms with Crippen molar-refractivity contribution in [1.29, 1.82) is 0 Å². The van der Waals surface area contributed by atoms with E-state index in [1.807, 2.05) is 0 Å². The third-order valence-corrected chi connectivity index (χ3v) is 4.36. The average molecular weight is 325 g/mol. The van der Waals surface area contributed by atoms with Gasteiger partial charge in [-0.1, -0.05) is 35.2 Å². The summed E-state index contributed by atoms with van der Waals surface area (Å²) in [4.78, 5) is 12.2. The van der Waals surface area contributed by atoms with Gasteiger partial charge < -0.3 is 11.1 Å². The minimum absolute atomic E-state index is 0.0360. The van der Waals surface area contributed by atoms with Crippen LogP contribution in [0, 0.1) is 5.92 Å². The summed E-state index contributed by atoms with van der Waals surface area (Å²) in [7, 11) is 0. The van der Waals surface area contributed by atoms with Crippen LogP contribution in [0.4, 0.5) is 5.69 Å². The molecule has 4 heteroatoms. The van der Waals surface area contributed by atoms with Crippen LogP contribution in [0.1, 0.15) is 49.4 Å². The van der Waals surface area contributed by atoms with E-state index in [0.29, 0.717) is 17.2 Å². The molecule has 1 aliphatic rings. The second kappa shape index (κ2) is 6.42. The van der Waals surface area contributed by atoms with Gasteiger partial charge in [0, 0.05) is 21.8 Å². The molecule has 1 fully saturated rings. The van der Waals surface area contributed by atoms with Crippen molar-refractivity contribution in [2.75, 3.05) is 5.73 Å².